The summed E-state index contributed by atoms with van der Waals surface area (Å²) in [7, 11) is 0. The Hall–Kier alpha value is -3.06. The maximum atomic E-state index is 9.99. The quantitative estimate of drug-likeness (QED) is 0.477. The van der Waals surface area contributed by atoms with E-state index in [-0.39, 0.29) is 5.75 Å². The van der Waals surface area contributed by atoms with Gasteiger partial charge < -0.3 is 10.4 Å². The van der Waals surface area contributed by atoms with Crippen LogP contribution in [0.5, 0.6) is 5.75 Å². The second-order valence-electron chi connectivity index (χ2n) is 5.50. The van der Waals surface area contributed by atoms with Crippen molar-refractivity contribution in [1.82, 2.24) is 20.2 Å². The minimum absolute atomic E-state index is 0.210. The number of aryl methyl sites for hydroxylation is 1. The van der Waals surface area contributed by atoms with Gasteiger partial charge in [0.2, 0.25) is 0 Å². The van der Waals surface area contributed by atoms with E-state index in [1.54, 1.807) is 12.1 Å². The number of H-pyrrole nitrogens is 1. The predicted octanol–water partition coefficient (Wildman–Crippen LogP) is 4.26. The van der Waals surface area contributed by atoms with Crippen molar-refractivity contribution in [3.63, 3.8) is 0 Å². The summed E-state index contributed by atoms with van der Waals surface area (Å²) < 4.78 is 0. The Balaban J connectivity index is 1.76. The average molecular weight is 349 g/mol. The number of nitrogens with zero attached hydrogens (tertiary/aromatic N) is 3. The number of benzene rings is 2. The SMILES string of the molecule is Cc1cc(Nc2nc(Sc3ccccc3O)nc3ccccc23)n[nH]1. The van der Waals surface area contributed by atoms with Gasteiger partial charge in [0.15, 0.2) is 11.0 Å². The molecule has 2 aromatic carbocycles. The lowest BCUT2D eigenvalue weighted by molar-refractivity contribution is 0.462. The topological polar surface area (TPSA) is 86.7 Å². The smallest absolute Gasteiger partial charge is 0.195 e. The number of aromatic nitrogens is 4. The highest BCUT2D eigenvalue weighted by Gasteiger charge is 2.11. The first-order valence-electron chi connectivity index (χ1n) is 7.71. The molecular weight excluding hydrogens is 334 g/mol. The number of phenolic OH excluding ortho intramolecular Hbond substituents is 1. The molecule has 25 heavy (non-hydrogen) atoms. The molecule has 0 atom stereocenters. The maximum Gasteiger partial charge on any atom is 0.195 e. The van der Waals surface area contributed by atoms with Crippen LogP contribution in [-0.2, 0) is 0 Å². The molecule has 0 aliphatic carbocycles. The lowest BCUT2D eigenvalue weighted by Gasteiger charge is -2.09. The van der Waals surface area contributed by atoms with Crippen molar-refractivity contribution in [3.05, 3.63) is 60.3 Å². The van der Waals surface area contributed by atoms with Crippen LogP contribution in [0.25, 0.3) is 10.9 Å². The highest BCUT2D eigenvalue weighted by atomic mass is 32.2. The fourth-order valence-corrected chi connectivity index (χ4v) is 3.24. The Kier molecular flexibility index (Phi) is 3.99. The summed E-state index contributed by atoms with van der Waals surface area (Å²) in [4.78, 5) is 9.92. The summed E-state index contributed by atoms with van der Waals surface area (Å²) >= 11 is 1.32. The van der Waals surface area contributed by atoms with Gasteiger partial charge in [-0.05, 0) is 43.0 Å². The van der Waals surface area contributed by atoms with Crippen molar-refractivity contribution in [2.75, 3.05) is 5.32 Å². The van der Waals surface area contributed by atoms with E-state index in [1.807, 2.05) is 49.4 Å². The molecule has 7 heteroatoms. The van der Waals surface area contributed by atoms with Crippen LogP contribution in [0.3, 0.4) is 0 Å². The summed E-state index contributed by atoms with van der Waals surface area (Å²) in [5, 5.41) is 21.8. The Labute approximate surface area is 148 Å². The number of hydrogen-bond donors (Lipinski definition) is 3. The third kappa shape index (κ3) is 3.27. The first-order chi connectivity index (χ1) is 12.2. The van der Waals surface area contributed by atoms with Gasteiger partial charge in [0, 0.05) is 17.1 Å². The van der Waals surface area contributed by atoms with Crippen molar-refractivity contribution in [2.45, 2.75) is 17.0 Å². The van der Waals surface area contributed by atoms with Gasteiger partial charge in [0.1, 0.15) is 11.6 Å². The zero-order valence-electron chi connectivity index (χ0n) is 13.4. The summed E-state index contributed by atoms with van der Waals surface area (Å²) in [5.41, 5.74) is 1.79. The molecule has 0 bridgehead atoms. The molecule has 0 saturated heterocycles. The van der Waals surface area contributed by atoms with E-state index in [0.717, 1.165) is 16.6 Å². The summed E-state index contributed by atoms with van der Waals surface area (Å²) in [5.74, 6) is 1.58. The molecular formula is C18H15N5OS. The Morgan fingerprint density at radius 1 is 1.04 bits per heavy atom. The molecule has 0 spiro atoms. The van der Waals surface area contributed by atoms with Gasteiger partial charge in [-0.3, -0.25) is 5.10 Å². The molecule has 0 fully saturated rings. The van der Waals surface area contributed by atoms with Gasteiger partial charge in [-0.1, -0.05) is 24.3 Å². The summed E-state index contributed by atoms with van der Waals surface area (Å²) in [6.45, 7) is 1.94. The van der Waals surface area contributed by atoms with Gasteiger partial charge in [-0.15, -0.1) is 0 Å². The molecule has 0 saturated carbocycles. The number of rotatable bonds is 4. The number of phenols is 1. The van der Waals surface area contributed by atoms with Gasteiger partial charge in [0.25, 0.3) is 0 Å². The molecule has 0 aliphatic rings. The Bertz CT molecular complexity index is 1050. The van der Waals surface area contributed by atoms with E-state index < -0.39 is 0 Å². The number of anilines is 2. The molecule has 0 radical (unpaired) electrons. The van der Waals surface area contributed by atoms with E-state index in [0.29, 0.717) is 21.7 Å². The van der Waals surface area contributed by atoms with Crippen LogP contribution in [-0.4, -0.2) is 25.3 Å². The van der Waals surface area contributed by atoms with E-state index in [4.69, 9.17) is 0 Å². The van der Waals surface area contributed by atoms with Crippen LogP contribution in [0.2, 0.25) is 0 Å². The van der Waals surface area contributed by atoms with Gasteiger partial charge in [0.05, 0.1) is 10.4 Å². The number of hydrogen-bond acceptors (Lipinski definition) is 6. The van der Waals surface area contributed by atoms with Crippen LogP contribution >= 0.6 is 11.8 Å². The van der Waals surface area contributed by atoms with Gasteiger partial charge >= 0.3 is 0 Å². The minimum Gasteiger partial charge on any atom is -0.507 e. The van der Waals surface area contributed by atoms with Gasteiger partial charge in [-0.25, -0.2) is 9.97 Å². The van der Waals surface area contributed by atoms with Crippen LogP contribution in [0.15, 0.2) is 64.6 Å². The molecule has 0 aliphatic heterocycles. The molecule has 4 rings (SSSR count). The lowest BCUT2D eigenvalue weighted by atomic mass is 10.2. The first-order valence-corrected chi connectivity index (χ1v) is 8.52. The molecule has 6 nitrogen and oxygen atoms in total. The highest BCUT2D eigenvalue weighted by molar-refractivity contribution is 7.99. The maximum absolute atomic E-state index is 9.99. The largest absolute Gasteiger partial charge is 0.507 e. The van der Waals surface area contributed by atoms with E-state index >= 15 is 0 Å². The number of aromatic amines is 1. The molecule has 3 N–H and O–H groups in total. The second kappa shape index (κ2) is 6.45. The highest BCUT2D eigenvalue weighted by Crippen LogP contribution is 2.34. The monoisotopic (exact) mass is 349 g/mol. The first kappa shape index (κ1) is 15.5. The fourth-order valence-electron chi connectivity index (χ4n) is 2.44. The zero-order chi connectivity index (χ0) is 17.2. The van der Waals surface area contributed by atoms with E-state index in [2.05, 4.69) is 25.5 Å². The van der Waals surface area contributed by atoms with Crippen molar-refractivity contribution in [2.24, 2.45) is 0 Å². The number of para-hydroxylation sites is 2. The number of aromatic hydroxyl groups is 1. The summed E-state index contributed by atoms with van der Waals surface area (Å²) in [6.07, 6.45) is 0. The molecule has 2 aromatic heterocycles. The Morgan fingerprint density at radius 3 is 2.64 bits per heavy atom. The van der Waals surface area contributed by atoms with Crippen LogP contribution < -0.4 is 5.32 Å². The molecule has 0 amide bonds. The predicted molar refractivity (Wildman–Crippen MR) is 98.4 cm³/mol. The van der Waals surface area contributed by atoms with Crippen molar-refractivity contribution in [1.29, 1.82) is 0 Å². The van der Waals surface area contributed by atoms with Gasteiger partial charge in [-0.2, -0.15) is 5.10 Å². The van der Waals surface area contributed by atoms with Crippen LogP contribution in [0.1, 0.15) is 5.69 Å². The molecule has 0 unspecified atom stereocenters. The summed E-state index contributed by atoms with van der Waals surface area (Å²) in [6, 6.07) is 16.8. The lowest BCUT2D eigenvalue weighted by Crippen LogP contribution is -1.99. The minimum atomic E-state index is 0.210. The van der Waals surface area contributed by atoms with Crippen LogP contribution in [0.4, 0.5) is 11.6 Å². The number of nitrogens with one attached hydrogen (secondary N) is 2. The number of fused-ring (bicyclic) bond motifs is 1. The zero-order valence-corrected chi connectivity index (χ0v) is 14.2. The molecule has 4 aromatic rings. The van der Waals surface area contributed by atoms with Crippen molar-refractivity contribution in [3.8, 4) is 5.75 Å². The standard InChI is InChI=1S/C18H15N5OS/c1-11-10-16(23-22-11)20-17-12-6-2-3-7-13(12)19-18(21-17)25-15-9-5-4-8-14(15)24/h2-10,24H,1H3,(H2,19,20,21,22,23). The van der Waals surface area contributed by atoms with E-state index in [1.165, 1.54) is 11.8 Å². The second-order valence-corrected chi connectivity index (χ2v) is 6.51. The van der Waals surface area contributed by atoms with Crippen molar-refractivity contribution >= 4 is 34.3 Å². The van der Waals surface area contributed by atoms with Crippen LogP contribution in [0, 0.1) is 6.92 Å². The Morgan fingerprint density at radius 2 is 1.84 bits per heavy atom. The fraction of sp³-hybridized carbons (Fsp3) is 0.0556. The van der Waals surface area contributed by atoms with E-state index in [9.17, 15) is 5.11 Å². The molecule has 2 heterocycles. The molecule has 124 valence electrons. The average Bonchev–Trinajstić information content (AvgIpc) is 3.02. The normalized spacial score (nSPS) is 10.9. The van der Waals surface area contributed by atoms with Crippen molar-refractivity contribution < 1.29 is 5.11 Å². The third-order valence-corrected chi connectivity index (χ3v) is 4.53. The third-order valence-electron chi connectivity index (χ3n) is 3.60.